The van der Waals surface area contributed by atoms with E-state index in [1.54, 1.807) is 50.5 Å². The first-order valence-electron chi connectivity index (χ1n) is 13.0. The number of benzene rings is 3. The van der Waals surface area contributed by atoms with Crippen molar-refractivity contribution in [2.45, 2.75) is 22.1 Å². The summed E-state index contributed by atoms with van der Waals surface area (Å²) in [4.78, 5) is 56.5. The molecule has 0 bridgehead atoms. The number of carbonyl (C=O) groups excluding carboxylic acids is 3. The van der Waals surface area contributed by atoms with Crippen molar-refractivity contribution in [3.05, 3.63) is 123 Å². The number of nitro groups is 1. The minimum absolute atomic E-state index is 0.118. The molecule has 1 N–H and O–H groups in total. The lowest BCUT2D eigenvalue weighted by molar-refractivity contribution is -0.384. The third-order valence-electron chi connectivity index (χ3n) is 6.95. The number of hydrogen-bond acceptors (Lipinski definition) is 10. The van der Waals surface area contributed by atoms with E-state index < -0.39 is 38.3 Å². The largest absolute Gasteiger partial charge is 0.503 e. The van der Waals surface area contributed by atoms with Crippen molar-refractivity contribution in [2.75, 3.05) is 19.0 Å². The number of Topliss-reactive ketones (excluding diaryl/α,β-unsaturated/α-hetero) is 1. The first kappa shape index (κ1) is 30.3. The number of carbonyl (C=O) groups is 3. The second-order valence-electron chi connectivity index (χ2n) is 10.1. The molecule has 0 fully saturated rings. The number of hydrogen-bond donors (Lipinski definition) is 1. The first-order chi connectivity index (χ1) is 20.8. The van der Waals surface area contributed by atoms with E-state index in [9.17, 15) is 38.0 Å². The molecular formula is C30H24N4O8S2. The number of thiazole rings is 1. The van der Waals surface area contributed by atoms with Gasteiger partial charge in [0.05, 0.1) is 27.6 Å². The molecule has 44 heavy (non-hydrogen) atoms. The summed E-state index contributed by atoms with van der Waals surface area (Å²) < 4.78 is 26.4. The molecule has 0 radical (unpaired) electrons. The van der Waals surface area contributed by atoms with E-state index in [2.05, 4.69) is 4.98 Å². The minimum atomic E-state index is -4.19. The van der Waals surface area contributed by atoms with Crippen LogP contribution in [-0.2, 0) is 14.6 Å². The third-order valence-corrected chi connectivity index (χ3v) is 10.2. The molecular weight excluding hydrogens is 608 g/mol. The van der Waals surface area contributed by atoms with E-state index in [1.165, 1.54) is 17.0 Å². The number of ketones is 1. The van der Waals surface area contributed by atoms with Gasteiger partial charge in [0.1, 0.15) is 4.21 Å². The van der Waals surface area contributed by atoms with E-state index in [1.807, 2.05) is 6.92 Å². The van der Waals surface area contributed by atoms with Crippen LogP contribution in [0.4, 0.5) is 10.8 Å². The number of non-ortho nitro benzene ring substituents is 1. The van der Waals surface area contributed by atoms with Crippen LogP contribution in [0.1, 0.15) is 37.9 Å². The standard InChI is InChI=1S/C30H24N4O8S2/c1-17-4-6-19(7-5-17)26(35)24-25(18-8-10-20(11-9-18)28(37)32(2)3)33(29(38)27(24)36)30-31-16-23(43-30)44(41,42)22-14-12-21(13-15-22)34(39)40/h4-16,25,36H,1-3H3. The van der Waals surface area contributed by atoms with Crippen LogP contribution in [0.2, 0.25) is 0 Å². The predicted octanol–water partition coefficient (Wildman–Crippen LogP) is 4.68. The summed E-state index contributed by atoms with van der Waals surface area (Å²) in [6.07, 6.45) is 1.04. The second-order valence-corrected chi connectivity index (χ2v) is 13.3. The molecule has 1 aromatic heterocycles. The maximum absolute atomic E-state index is 13.7. The van der Waals surface area contributed by atoms with Crippen molar-refractivity contribution in [1.29, 1.82) is 0 Å². The number of sulfone groups is 1. The summed E-state index contributed by atoms with van der Waals surface area (Å²) in [5.74, 6) is -2.67. The predicted molar refractivity (Wildman–Crippen MR) is 161 cm³/mol. The maximum Gasteiger partial charge on any atom is 0.296 e. The zero-order valence-corrected chi connectivity index (χ0v) is 25.1. The van der Waals surface area contributed by atoms with Gasteiger partial charge in [0.15, 0.2) is 16.7 Å². The molecule has 4 aromatic rings. The lowest BCUT2D eigenvalue weighted by Crippen LogP contribution is -2.31. The van der Waals surface area contributed by atoms with Crippen molar-refractivity contribution in [1.82, 2.24) is 9.88 Å². The van der Waals surface area contributed by atoms with Gasteiger partial charge in [0.25, 0.3) is 17.5 Å². The summed E-state index contributed by atoms with van der Waals surface area (Å²) >= 11 is 0.632. The van der Waals surface area contributed by atoms with Crippen LogP contribution in [-0.4, -0.2) is 60.0 Å². The molecule has 0 saturated heterocycles. The number of nitro benzene ring substituents is 1. The zero-order chi connectivity index (χ0) is 31.9. The molecule has 1 aliphatic rings. The van der Waals surface area contributed by atoms with Gasteiger partial charge in [-0.1, -0.05) is 53.3 Å². The Balaban J connectivity index is 1.59. The lowest BCUT2D eigenvalue weighted by atomic mass is 9.92. The molecule has 3 aromatic carbocycles. The molecule has 1 unspecified atom stereocenters. The highest BCUT2D eigenvalue weighted by atomic mass is 32.2. The van der Waals surface area contributed by atoms with Gasteiger partial charge < -0.3 is 10.0 Å². The molecule has 1 aliphatic heterocycles. The van der Waals surface area contributed by atoms with E-state index in [-0.39, 0.29) is 37.0 Å². The number of amides is 2. The van der Waals surface area contributed by atoms with Crippen molar-refractivity contribution in [3.63, 3.8) is 0 Å². The first-order valence-corrected chi connectivity index (χ1v) is 15.3. The number of nitrogens with zero attached hydrogens (tertiary/aromatic N) is 4. The van der Waals surface area contributed by atoms with E-state index in [4.69, 9.17) is 0 Å². The Hall–Kier alpha value is -5.21. The van der Waals surface area contributed by atoms with Crippen LogP contribution in [0.15, 0.2) is 99.4 Å². The molecule has 12 nitrogen and oxygen atoms in total. The molecule has 0 saturated carbocycles. The highest BCUT2D eigenvalue weighted by Crippen LogP contribution is 2.44. The van der Waals surface area contributed by atoms with Gasteiger partial charge in [-0.3, -0.25) is 29.4 Å². The van der Waals surface area contributed by atoms with Gasteiger partial charge in [-0.05, 0) is 36.8 Å². The lowest BCUT2D eigenvalue weighted by Gasteiger charge is -2.25. The van der Waals surface area contributed by atoms with Crippen LogP contribution >= 0.6 is 11.3 Å². The van der Waals surface area contributed by atoms with Crippen LogP contribution < -0.4 is 4.90 Å². The molecule has 224 valence electrons. The Morgan fingerprint density at radius 2 is 1.57 bits per heavy atom. The average Bonchev–Trinajstić information content (AvgIpc) is 3.60. The molecule has 1 atom stereocenters. The molecule has 0 spiro atoms. The Kier molecular flexibility index (Phi) is 7.88. The topological polar surface area (TPSA) is 168 Å². The SMILES string of the molecule is Cc1ccc(C(=O)C2=C(O)C(=O)N(c3ncc(S(=O)(=O)c4ccc([N+](=O)[O-])cc4)s3)C2c2ccc(C(=O)N(C)C)cc2)cc1. The normalized spacial score (nSPS) is 15.0. The molecule has 5 rings (SSSR count). The summed E-state index contributed by atoms with van der Waals surface area (Å²) in [5.41, 5.74) is 1.30. The number of aliphatic hydroxyl groups excluding tert-OH is 1. The van der Waals surface area contributed by atoms with Gasteiger partial charge in [0.2, 0.25) is 9.84 Å². The fourth-order valence-electron chi connectivity index (χ4n) is 4.63. The number of rotatable bonds is 8. The van der Waals surface area contributed by atoms with Crippen LogP contribution in [0.5, 0.6) is 0 Å². The van der Waals surface area contributed by atoms with Crippen molar-refractivity contribution in [2.24, 2.45) is 0 Å². The van der Waals surface area contributed by atoms with Gasteiger partial charge in [-0.15, -0.1) is 0 Å². The van der Waals surface area contributed by atoms with Crippen molar-refractivity contribution in [3.8, 4) is 0 Å². The van der Waals surface area contributed by atoms with E-state index >= 15 is 0 Å². The zero-order valence-electron chi connectivity index (χ0n) is 23.5. The fraction of sp³-hybridized carbons (Fsp3) is 0.133. The third kappa shape index (κ3) is 5.36. The summed E-state index contributed by atoms with van der Waals surface area (Å²) in [6.45, 7) is 1.84. The van der Waals surface area contributed by atoms with Crippen molar-refractivity contribution < 1.29 is 32.8 Å². The minimum Gasteiger partial charge on any atom is -0.503 e. The Bertz CT molecular complexity index is 1950. The number of anilines is 1. The second kappa shape index (κ2) is 11.5. The number of aromatic nitrogens is 1. The van der Waals surface area contributed by atoms with Crippen molar-refractivity contribution >= 4 is 49.6 Å². The van der Waals surface area contributed by atoms with Gasteiger partial charge in [-0.25, -0.2) is 13.4 Å². The molecule has 14 heteroatoms. The number of aryl methyl sites for hydroxylation is 1. The van der Waals surface area contributed by atoms with E-state index in [0.717, 1.165) is 40.9 Å². The Labute approximate surface area is 255 Å². The highest BCUT2D eigenvalue weighted by Gasteiger charge is 2.46. The average molecular weight is 633 g/mol. The van der Waals surface area contributed by atoms with Crippen LogP contribution in [0.3, 0.4) is 0 Å². The quantitative estimate of drug-likeness (QED) is 0.165. The van der Waals surface area contributed by atoms with Gasteiger partial charge in [0, 0.05) is 37.4 Å². The summed E-state index contributed by atoms with van der Waals surface area (Å²) in [6, 6.07) is 15.8. The Morgan fingerprint density at radius 3 is 2.14 bits per heavy atom. The smallest absolute Gasteiger partial charge is 0.296 e. The van der Waals surface area contributed by atoms with Gasteiger partial charge >= 0.3 is 0 Å². The van der Waals surface area contributed by atoms with Gasteiger partial charge in [-0.2, -0.15) is 0 Å². The summed E-state index contributed by atoms with van der Waals surface area (Å²) in [5, 5.41) is 21.9. The highest BCUT2D eigenvalue weighted by molar-refractivity contribution is 7.93. The Morgan fingerprint density at radius 1 is 0.977 bits per heavy atom. The molecule has 0 aliphatic carbocycles. The van der Waals surface area contributed by atoms with Crippen LogP contribution in [0, 0.1) is 17.0 Å². The van der Waals surface area contributed by atoms with E-state index in [0.29, 0.717) is 22.5 Å². The van der Waals surface area contributed by atoms with Crippen LogP contribution in [0.25, 0.3) is 0 Å². The fourth-order valence-corrected chi connectivity index (χ4v) is 7.17. The monoisotopic (exact) mass is 632 g/mol. The maximum atomic E-state index is 13.7. The molecule has 2 amide bonds. The number of aliphatic hydroxyl groups is 1. The summed E-state index contributed by atoms with van der Waals surface area (Å²) in [7, 11) is -1.00. The molecule has 2 heterocycles.